The largest absolute Gasteiger partial charge is 0.321 e. The predicted octanol–water partition coefficient (Wildman–Crippen LogP) is 1.35. The van der Waals surface area contributed by atoms with Gasteiger partial charge in [0.2, 0.25) is 0 Å². The van der Waals surface area contributed by atoms with Gasteiger partial charge in [0, 0.05) is 16.6 Å². The number of amides is 1. The summed E-state index contributed by atoms with van der Waals surface area (Å²) in [5, 5.41) is 6.37. The van der Waals surface area contributed by atoms with Crippen LogP contribution in [0.3, 0.4) is 0 Å². The minimum absolute atomic E-state index is 0.106. The zero-order valence-electron chi connectivity index (χ0n) is 17.7. The molecular formula is C24H30N4OS+2. The van der Waals surface area contributed by atoms with E-state index >= 15 is 0 Å². The summed E-state index contributed by atoms with van der Waals surface area (Å²) in [5.74, 6) is 0.106. The fraction of sp³-hybridized carbons (Fsp3) is 0.333. The molecule has 0 radical (unpaired) electrons. The van der Waals surface area contributed by atoms with Gasteiger partial charge in [0.1, 0.15) is 43.4 Å². The van der Waals surface area contributed by atoms with E-state index < -0.39 is 0 Å². The summed E-state index contributed by atoms with van der Waals surface area (Å²) in [4.78, 5) is 20.3. The van der Waals surface area contributed by atoms with Crippen LogP contribution in [0.1, 0.15) is 16.8 Å². The number of aryl methyl sites for hydroxylation is 1. The van der Waals surface area contributed by atoms with Gasteiger partial charge in [-0.05, 0) is 31.0 Å². The molecule has 0 saturated carbocycles. The Labute approximate surface area is 182 Å². The van der Waals surface area contributed by atoms with Gasteiger partial charge in [-0.15, -0.1) is 11.3 Å². The summed E-state index contributed by atoms with van der Waals surface area (Å²) in [5.41, 5.74) is 5.64. The second-order valence-corrected chi connectivity index (χ2v) is 9.02. The molecule has 3 N–H and O–H groups in total. The van der Waals surface area contributed by atoms with Crippen LogP contribution in [0.25, 0.3) is 10.6 Å². The van der Waals surface area contributed by atoms with Gasteiger partial charge in [-0.25, -0.2) is 4.98 Å². The third-order valence-corrected chi connectivity index (χ3v) is 6.90. The molecule has 0 aliphatic carbocycles. The van der Waals surface area contributed by atoms with Crippen LogP contribution in [-0.4, -0.2) is 43.6 Å². The van der Waals surface area contributed by atoms with Gasteiger partial charge in [-0.3, -0.25) is 4.79 Å². The molecule has 3 aromatic rings. The number of thiazole rings is 1. The molecule has 156 valence electrons. The molecule has 30 heavy (non-hydrogen) atoms. The average Bonchev–Trinajstić information content (AvgIpc) is 3.22. The first kappa shape index (κ1) is 20.7. The van der Waals surface area contributed by atoms with Crippen LogP contribution in [0.2, 0.25) is 0 Å². The highest BCUT2D eigenvalue weighted by atomic mass is 32.1. The number of rotatable bonds is 6. The van der Waals surface area contributed by atoms with E-state index in [2.05, 4.69) is 54.9 Å². The molecule has 5 nitrogen and oxygen atoms in total. The number of quaternary nitrogens is 2. The van der Waals surface area contributed by atoms with Crippen LogP contribution in [0, 0.1) is 13.8 Å². The van der Waals surface area contributed by atoms with E-state index in [9.17, 15) is 4.79 Å². The van der Waals surface area contributed by atoms with Gasteiger partial charge in [0.05, 0.1) is 0 Å². The second-order valence-electron chi connectivity index (χ2n) is 8.16. The maximum atomic E-state index is 12.5. The van der Waals surface area contributed by atoms with E-state index in [1.807, 2.05) is 18.2 Å². The van der Waals surface area contributed by atoms with E-state index in [0.29, 0.717) is 6.54 Å². The van der Waals surface area contributed by atoms with E-state index in [1.54, 1.807) is 16.2 Å². The Kier molecular flexibility index (Phi) is 6.57. The van der Waals surface area contributed by atoms with Crippen LogP contribution < -0.4 is 15.1 Å². The number of anilines is 1. The summed E-state index contributed by atoms with van der Waals surface area (Å²) in [6.07, 6.45) is 0. The van der Waals surface area contributed by atoms with Crippen LogP contribution in [0.5, 0.6) is 0 Å². The summed E-state index contributed by atoms with van der Waals surface area (Å²) < 4.78 is 0. The predicted molar refractivity (Wildman–Crippen MR) is 122 cm³/mol. The lowest BCUT2D eigenvalue weighted by Crippen LogP contribution is -3.28. The summed E-state index contributed by atoms with van der Waals surface area (Å²) in [6.45, 7) is 9.82. The lowest BCUT2D eigenvalue weighted by molar-refractivity contribution is -1.02. The van der Waals surface area contributed by atoms with Crippen molar-refractivity contribution in [2.45, 2.75) is 20.4 Å². The molecule has 1 saturated heterocycles. The molecule has 2 heterocycles. The molecule has 0 atom stereocenters. The third kappa shape index (κ3) is 5.14. The van der Waals surface area contributed by atoms with Crippen molar-refractivity contribution < 1.29 is 14.6 Å². The molecule has 6 heteroatoms. The summed E-state index contributed by atoms with van der Waals surface area (Å²) >= 11 is 1.72. The van der Waals surface area contributed by atoms with Crippen molar-refractivity contribution in [2.24, 2.45) is 0 Å². The molecule has 0 bridgehead atoms. The minimum atomic E-state index is 0.106. The molecule has 1 aromatic heterocycles. The van der Waals surface area contributed by atoms with Crippen molar-refractivity contribution in [3.05, 3.63) is 70.7 Å². The quantitative estimate of drug-likeness (QED) is 0.562. The number of aromatic nitrogens is 1. The number of hydrogen-bond acceptors (Lipinski definition) is 3. The van der Waals surface area contributed by atoms with Crippen molar-refractivity contribution in [1.82, 2.24) is 4.98 Å². The van der Waals surface area contributed by atoms with Crippen molar-refractivity contribution in [1.29, 1.82) is 0 Å². The van der Waals surface area contributed by atoms with Crippen LogP contribution in [0.15, 0.2) is 53.9 Å². The number of benzene rings is 2. The standard InChI is InChI=1S/C24H28N4OS/c1-18-7-6-10-22(19(18)2)26-23(29)16-28-13-11-27(12-14-28)15-21-17-30-24(25-21)20-8-4-3-5-9-20/h3-10,17H,11-16H2,1-2H3,(H,26,29)/p+2. The maximum absolute atomic E-state index is 12.5. The molecule has 1 aliphatic heterocycles. The Morgan fingerprint density at radius 1 is 1.00 bits per heavy atom. The van der Waals surface area contributed by atoms with E-state index in [4.69, 9.17) is 4.98 Å². The first-order valence-corrected chi connectivity index (χ1v) is 11.5. The summed E-state index contributed by atoms with van der Waals surface area (Å²) in [6, 6.07) is 16.4. The van der Waals surface area contributed by atoms with Crippen molar-refractivity contribution >= 4 is 22.9 Å². The molecule has 4 rings (SSSR count). The molecular weight excluding hydrogens is 392 g/mol. The van der Waals surface area contributed by atoms with Gasteiger partial charge < -0.3 is 15.1 Å². The highest BCUT2D eigenvalue weighted by Crippen LogP contribution is 2.22. The van der Waals surface area contributed by atoms with Gasteiger partial charge in [-0.2, -0.15) is 0 Å². The fourth-order valence-corrected chi connectivity index (χ4v) is 4.80. The Bertz CT molecular complexity index is 993. The highest BCUT2D eigenvalue weighted by Gasteiger charge is 2.25. The lowest BCUT2D eigenvalue weighted by Gasteiger charge is -2.29. The van der Waals surface area contributed by atoms with Crippen LogP contribution >= 0.6 is 11.3 Å². The Morgan fingerprint density at radius 3 is 2.50 bits per heavy atom. The molecule has 0 unspecified atom stereocenters. The molecule has 2 aromatic carbocycles. The normalized spacial score (nSPS) is 18.9. The number of hydrogen-bond donors (Lipinski definition) is 3. The SMILES string of the molecule is Cc1cccc(NC(=O)C[NH+]2CC[NH+](Cc3csc(-c4ccccc4)n3)CC2)c1C. The maximum Gasteiger partial charge on any atom is 0.279 e. The van der Waals surface area contributed by atoms with Gasteiger partial charge in [0.25, 0.3) is 5.91 Å². The average molecular weight is 423 g/mol. The number of nitrogens with zero attached hydrogens (tertiary/aromatic N) is 1. The zero-order chi connectivity index (χ0) is 20.9. The van der Waals surface area contributed by atoms with E-state index in [1.165, 1.54) is 21.7 Å². The molecule has 1 aliphatic rings. The molecule has 1 fully saturated rings. The minimum Gasteiger partial charge on any atom is -0.321 e. The Balaban J connectivity index is 1.25. The van der Waals surface area contributed by atoms with E-state index in [-0.39, 0.29) is 5.91 Å². The number of carbonyl (C=O) groups excluding carboxylic acids is 1. The Morgan fingerprint density at radius 2 is 1.73 bits per heavy atom. The number of piperazine rings is 1. The van der Waals surface area contributed by atoms with Gasteiger partial charge in [-0.1, -0.05) is 42.5 Å². The van der Waals surface area contributed by atoms with Crippen molar-refractivity contribution in [2.75, 3.05) is 38.0 Å². The number of nitrogens with one attached hydrogen (secondary N) is 3. The van der Waals surface area contributed by atoms with Crippen molar-refractivity contribution in [3.63, 3.8) is 0 Å². The topological polar surface area (TPSA) is 50.9 Å². The lowest BCUT2D eigenvalue weighted by atomic mass is 10.1. The smallest absolute Gasteiger partial charge is 0.279 e. The van der Waals surface area contributed by atoms with Gasteiger partial charge >= 0.3 is 0 Å². The first-order valence-electron chi connectivity index (χ1n) is 10.6. The van der Waals surface area contributed by atoms with Crippen molar-refractivity contribution in [3.8, 4) is 10.6 Å². The molecule has 0 spiro atoms. The highest BCUT2D eigenvalue weighted by molar-refractivity contribution is 7.13. The third-order valence-electron chi connectivity index (χ3n) is 5.96. The summed E-state index contributed by atoms with van der Waals surface area (Å²) in [7, 11) is 0. The van der Waals surface area contributed by atoms with Crippen LogP contribution in [-0.2, 0) is 11.3 Å². The monoisotopic (exact) mass is 422 g/mol. The fourth-order valence-electron chi connectivity index (χ4n) is 3.98. The van der Waals surface area contributed by atoms with Gasteiger partial charge in [0.15, 0.2) is 6.54 Å². The Hall–Kier alpha value is -2.54. The van der Waals surface area contributed by atoms with Crippen LogP contribution in [0.4, 0.5) is 5.69 Å². The second kappa shape index (κ2) is 9.51. The molecule has 1 amide bonds. The van der Waals surface area contributed by atoms with E-state index in [0.717, 1.165) is 49.0 Å². The first-order chi connectivity index (χ1) is 14.6. The zero-order valence-corrected chi connectivity index (χ0v) is 18.5. The number of carbonyl (C=O) groups is 1.